The third kappa shape index (κ3) is 4.54. The molecular weight excluding hydrogens is 326 g/mol. The van der Waals surface area contributed by atoms with Crippen LogP contribution < -0.4 is 11.1 Å². The summed E-state index contributed by atoms with van der Waals surface area (Å²) >= 11 is 0. The van der Waals surface area contributed by atoms with Crippen molar-refractivity contribution in [3.8, 4) is 0 Å². The Hall–Kier alpha value is -2.94. The highest BCUT2D eigenvalue weighted by molar-refractivity contribution is 5.96. The van der Waals surface area contributed by atoms with E-state index in [1.54, 1.807) is 22.7 Å². The quantitative estimate of drug-likeness (QED) is 0.608. The molecular formula is C16H21N5O4. The predicted octanol–water partition coefficient (Wildman–Crippen LogP) is -0.156. The first-order valence-electron chi connectivity index (χ1n) is 7.72. The van der Waals surface area contributed by atoms with Crippen LogP contribution in [0.3, 0.4) is 0 Å². The van der Waals surface area contributed by atoms with E-state index in [1.807, 2.05) is 25.1 Å². The number of carbonyl (C=O) groups excluding carboxylic acids is 2. The number of imidazole rings is 1. The van der Waals surface area contributed by atoms with Crippen molar-refractivity contribution in [2.75, 3.05) is 14.1 Å². The Labute approximate surface area is 144 Å². The summed E-state index contributed by atoms with van der Waals surface area (Å²) in [4.78, 5) is 41.0. The average molecular weight is 347 g/mol. The zero-order chi connectivity index (χ0) is 18.6. The molecule has 0 radical (unpaired) electrons. The van der Waals surface area contributed by atoms with Gasteiger partial charge < -0.3 is 25.5 Å². The van der Waals surface area contributed by atoms with Gasteiger partial charge in [0.25, 0.3) is 5.91 Å². The number of primary amides is 1. The minimum atomic E-state index is -1.23. The highest BCUT2D eigenvalue weighted by Crippen LogP contribution is 2.15. The Morgan fingerprint density at radius 1 is 1.36 bits per heavy atom. The van der Waals surface area contributed by atoms with E-state index in [2.05, 4.69) is 10.3 Å². The fraction of sp³-hybridized carbons (Fsp3) is 0.375. The lowest BCUT2D eigenvalue weighted by atomic mass is 10.1. The molecule has 25 heavy (non-hydrogen) atoms. The molecule has 0 spiro atoms. The number of nitrogens with two attached hydrogens (primary N) is 1. The molecule has 4 N–H and O–H groups in total. The van der Waals surface area contributed by atoms with Crippen LogP contribution in [0.15, 0.2) is 24.4 Å². The van der Waals surface area contributed by atoms with Gasteiger partial charge in [0.1, 0.15) is 11.7 Å². The van der Waals surface area contributed by atoms with E-state index < -0.39 is 23.8 Å². The number of nitrogens with one attached hydrogen (secondary N) is 1. The van der Waals surface area contributed by atoms with Crippen molar-refractivity contribution in [2.45, 2.75) is 25.4 Å². The van der Waals surface area contributed by atoms with E-state index >= 15 is 0 Å². The van der Waals surface area contributed by atoms with Crippen LogP contribution in [0, 0.1) is 0 Å². The van der Waals surface area contributed by atoms with E-state index in [9.17, 15) is 19.5 Å². The summed E-state index contributed by atoms with van der Waals surface area (Å²) in [6.07, 6.45) is 1.58. The Morgan fingerprint density at radius 2 is 2.08 bits per heavy atom. The van der Waals surface area contributed by atoms with Crippen molar-refractivity contribution in [1.29, 1.82) is 0 Å². The number of hydrogen-bond acceptors (Lipinski definition) is 5. The lowest BCUT2D eigenvalue weighted by Crippen LogP contribution is -2.42. The summed E-state index contributed by atoms with van der Waals surface area (Å²) in [5.41, 5.74) is 6.45. The van der Waals surface area contributed by atoms with Crippen molar-refractivity contribution in [3.63, 3.8) is 0 Å². The highest BCUT2D eigenvalue weighted by Gasteiger charge is 2.25. The number of carboxylic acids is 1. The van der Waals surface area contributed by atoms with Crippen LogP contribution in [0.1, 0.15) is 29.0 Å². The van der Waals surface area contributed by atoms with Gasteiger partial charge in [-0.25, -0.2) is 9.78 Å². The number of pyridine rings is 1. The van der Waals surface area contributed by atoms with Gasteiger partial charge in [-0.05, 0) is 32.6 Å². The van der Waals surface area contributed by atoms with Gasteiger partial charge in [0.15, 0.2) is 5.69 Å². The first-order chi connectivity index (χ1) is 11.8. The number of aliphatic carboxylic acids is 1. The summed E-state index contributed by atoms with van der Waals surface area (Å²) in [6, 6.07) is 4.17. The highest BCUT2D eigenvalue weighted by atomic mass is 16.4. The number of rotatable bonds is 8. The van der Waals surface area contributed by atoms with Crippen LogP contribution in [0.5, 0.6) is 0 Å². The van der Waals surface area contributed by atoms with Crippen molar-refractivity contribution < 1.29 is 19.5 Å². The van der Waals surface area contributed by atoms with Crippen molar-refractivity contribution in [1.82, 2.24) is 19.6 Å². The summed E-state index contributed by atoms with van der Waals surface area (Å²) in [7, 11) is 3.72. The first-order valence-corrected chi connectivity index (χ1v) is 7.72. The fourth-order valence-corrected chi connectivity index (χ4v) is 2.45. The zero-order valence-electron chi connectivity index (χ0n) is 14.1. The second-order valence-electron chi connectivity index (χ2n) is 5.94. The fourth-order valence-electron chi connectivity index (χ4n) is 2.45. The average Bonchev–Trinajstić information content (AvgIpc) is 2.89. The molecule has 134 valence electrons. The van der Waals surface area contributed by atoms with Gasteiger partial charge in [0, 0.05) is 19.2 Å². The summed E-state index contributed by atoms with van der Waals surface area (Å²) in [5.74, 6) is -2.45. The topological polar surface area (TPSA) is 130 Å². The van der Waals surface area contributed by atoms with Crippen LogP contribution in [0.25, 0.3) is 5.65 Å². The van der Waals surface area contributed by atoms with Gasteiger partial charge in [-0.1, -0.05) is 6.07 Å². The molecule has 1 unspecified atom stereocenters. The van der Waals surface area contributed by atoms with E-state index in [-0.39, 0.29) is 18.5 Å². The Balaban J connectivity index is 2.30. The zero-order valence-corrected chi connectivity index (χ0v) is 14.1. The molecule has 9 heteroatoms. The molecule has 0 saturated carbocycles. The largest absolute Gasteiger partial charge is 0.480 e. The molecule has 0 aliphatic heterocycles. The molecule has 1 atom stereocenters. The number of nitrogens with zero attached hydrogens (tertiary/aromatic N) is 3. The number of hydrogen-bond donors (Lipinski definition) is 3. The van der Waals surface area contributed by atoms with Gasteiger partial charge in [0.2, 0.25) is 5.91 Å². The Bertz CT molecular complexity index is 799. The molecule has 2 heterocycles. The molecule has 0 aliphatic carbocycles. The van der Waals surface area contributed by atoms with Crippen molar-refractivity contribution >= 4 is 23.4 Å². The van der Waals surface area contributed by atoms with Crippen LogP contribution in [-0.2, 0) is 16.1 Å². The number of carbonyl (C=O) groups is 3. The monoisotopic (exact) mass is 347 g/mol. The third-order valence-corrected chi connectivity index (χ3v) is 3.59. The van der Waals surface area contributed by atoms with E-state index in [0.29, 0.717) is 17.9 Å². The van der Waals surface area contributed by atoms with Gasteiger partial charge in [-0.2, -0.15) is 0 Å². The second-order valence-corrected chi connectivity index (χ2v) is 5.94. The minimum Gasteiger partial charge on any atom is -0.480 e. The predicted molar refractivity (Wildman–Crippen MR) is 89.9 cm³/mol. The standard InChI is InChI=1S/C16H21N5O4/c1-20(2)9-11-14(19-13-5-3-4-8-21(11)13)15(23)18-10(16(24)25)6-7-12(17)22/h3-5,8,10H,6-7,9H2,1-2H3,(H2,17,22)(H,18,23)(H,24,25). The Kier molecular flexibility index (Phi) is 5.71. The number of carboxylic acid groups (broad SMARTS) is 1. The maximum Gasteiger partial charge on any atom is 0.326 e. The van der Waals surface area contributed by atoms with E-state index in [1.165, 1.54) is 0 Å². The third-order valence-electron chi connectivity index (χ3n) is 3.59. The van der Waals surface area contributed by atoms with Gasteiger partial charge in [-0.15, -0.1) is 0 Å². The number of fused-ring (bicyclic) bond motifs is 1. The molecule has 0 bridgehead atoms. The molecule has 0 aromatic carbocycles. The molecule has 0 fully saturated rings. The van der Waals surface area contributed by atoms with Crippen LogP contribution in [0.4, 0.5) is 0 Å². The van der Waals surface area contributed by atoms with Gasteiger partial charge in [-0.3, -0.25) is 9.59 Å². The smallest absolute Gasteiger partial charge is 0.326 e. The van der Waals surface area contributed by atoms with Crippen LogP contribution >= 0.6 is 0 Å². The summed E-state index contributed by atoms with van der Waals surface area (Å²) < 4.78 is 1.79. The van der Waals surface area contributed by atoms with Crippen LogP contribution in [0.2, 0.25) is 0 Å². The maximum absolute atomic E-state index is 12.6. The molecule has 0 saturated heterocycles. The SMILES string of the molecule is CN(C)Cc1c(C(=O)NC(CCC(N)=O)C(=O)O)nc2ccccn12. The van der Waals surface area contributed by atoms with Gasteiger partial charge in [0.05, 0.1) is 5.69 Å². The normalized spacial score (nSPS) is 12.3. The summed E-state index contributed by atoms with van der Waals surface area (Å²) in [5, 5.41) is 11.7. The number of aromatic nitrogens is 2. The van der Waals surface area contributed by atoms with Gasteiger partial charge >= 0.3 is 5.97 Å². The maximum atomic E-state index is 12.6. The number of amides is 2. The second kappa shape index (κ2) is 7.75. The minimum absolute atomic E-state index is 0.0766. The van der Waals surface area contributed by atoms with Crippen molar-refractivity contribution in [3.05, 3.63) is 35.8 Å². The molecule has 2 rings (SSSR count). The van der Waals surface area contributed by atoms with Crippen molar-refractivity contribution in [2.24, 2.45) is 5.73 Å². The molecule has 2 amide bonds. The Morgan fingerprint density at radius 3 is 2.68 bits per heavy atom. The lowest BCUT2D eigenvalue weighted by Gasteiger charge is -2.15. The molecule has 9 nitrogen and oxygen atoms in total. The first kappa shape index (κ1) is 18.4. The van der Waals surface area contributed by atoms with E-state index in [4.69, 9.17) is 5.73 Å². The molecule has 2 aromatic heterocycles. The lowest BCUT2D eigenvalue weighted by molar-refractivity contribution is -0.139. The molecule has 0 aliphatic rings. The molecule has 2 aromatic rings. The van der Waals surface area contributed by atoms with E-state index in [0.717, 1.165) is 0 Å². The van der Waals surface area contributed by atoms with Crippen LogP contribution in [-0.4, -0.2) is 57.3 Å². The summed E-state index contributed by atoms with van der Waals surface area (Å²) in [6.45, 7) is 0.451.